The maximum absolute atomic E-state index is 11.7. The number of carbonyl (C=O) groups excluding carboxylic acids is 1. The molecule has 1 aromatic rings. The molecule has 2 aliphatic heterocycles. The van der Waals surface area contributed by atoms with Crippen molar-refractivity contribution in [1.82, 2.24) is 15.3 Å². The predicted octanol–water partition coefficient (Wildman–Crippen LogP) is -0.828. The number of rotatable bonds is 1. The normalized spacial score (nSPS) is 30.1. The largest absolute Gasteiger partial charge is 0.332 e. The first-order valence-corrected chi connectivity index (χ1v) is 6.96. The van der Waals surface area contributed by atoms with Crippen LogP contribution < -0.4 is 10.2 Å². The number of carbonyl (C=O) groups is 1. The summed E-state index contributed by atoms with van der Waals surface area (Å²) in [6, 6.07) is 0.563. The second-order valence-corrected chi connectivity index (χ2v) is 6.27. The summed E-state index contributed by atoms with van der Waals surface area (Å²) in [4.78, 5) is 21.0. The molecule has 0 spiro atoms. The van der Waals surface area contributed by atoms with Crippen LogP contribution in [0, 0.1) is 0 Å². The summed E-state index contributed by atoms with van der Waals surface area (Å²) in [7, 11) is -3.08. The first-order chi connectivity index (χ1) is 8.07. The number of amides is 2. The van der Waals surface area contributed by atoms with Crippen LogP contribution in [0.1, 0.15) is 0 Å². The molecular formula is C9H10N4O3S. The van der Waals surface area contributed by atoms with Crippen molar-refractivity contribution in [2.75, 3.05) is 16.4 Å². The molecule has 3 rings (SSSR count). The highest BCUT2D eigenvalue weighted by molar-refractivity contribution is 7.91. The van der Waals surface area contributed by atoms with Gasteiger partial charge in [0.2, 0.25) is 5.95 Å². The fourth-order valence-electron chi connectivity index (χ4n) is 2.25. The smallest absolute Gasteiger partial charge is 0.324 e. The third-order valence-electron chi connectivity index (χ3n) is 2.95. The van der Waals surface area contributed by atoms with E-state index in [-0.39, 0.29) is 29.5 Å². The van der Waals surface area contributed by atoms with Gasteiger partial charge in [0.15, 0.2) is 9.84 Å². The van der Waals surface area contributed by atoms with Crippen LogP contribution in [0.15, 0.2) is 18.5 Å². The van der Waals surface area contributed by atoms with Crippen molar-refractivity contribution in [3.8, 4) is 0 Å². The molecule has 7 nitrogen and oxygen atoms in total. The van der Waals surface area contributed by atoms with Crippen LogP contribution in [0.25, 0.3) is 0 Å². The van der Waals surface area contributed by atoms with Gasteiger partial charge >= 0.3 is 6.03 Å². The van der Waals surface area contributed by atoms with Crippen LogP contribution in [0.2, 0.25) is 0 Å². The standard InChI is InChI=1S/C9H10N4O3S/c14-9-12-6-4-17(15,16)5-7(6)13(9)8-10-2-1-3-11-8/h1-3,6-7H,4-5H2,(H,12,14)/t6-,7-/m0/s1. The molecule has 17 heavy (non-hydrogen) atoms. The van der Waals surface area contributed by atoms with Gasteiger partial charge in [-0.3, -0.25) is 4.90 Å². The van der Waals surface area contributed by atoms with Crippen LogP contribution in [0.3, 0.4) is 0 Å². The molecule has 0 saturated carbocycles. The van der Waals surface area contributed by atoms with E-state index in [9.17, 15) is 13.2 Å². The van der Waals surface area contributed by atoms with Gasteiger partial charge in [0.1, 0.15) is 0 Å². The number of hydrogen-bond acceptors (Lipinski definition) is 5. The summed E-state index contributed by atoms with van der Waals surface area (Å²) < 4.78 is 23.0. The molecule has 1 aromatic heterocycles. The monoisotopic (exact) mass is 254 g/mol. The second kappa shape index (κ2) is 3.39. The van der Waals surface area contributed by atoms with Gasteiger partial charge in [-0.25, -0.2) is 23.2 Å². The van der Waals surface area contributed by atoms with Crippen molar-refractivity contribution in [2.24, 2.45) is 0 Å². The minimum absolute atomic E-state index is 0.00720. The first-order valence-electron chi connectivity index (χ1n) is 5.14. The lowest BCUT2D eigenvalue weighted by Gasteiger charge is -2.18. The van der Waals surface area contributed by atoms with E-state index >= 15 is 0 Å². The molecule has 2 saturated heterocycles. The van der Waals surface area contributed by atoms with Gasteiger partial charge in [-0.1, -0.05) is 0 Å². The SMILES string of the molecule is O=C1N[C@H]2CS(=O)(=O)C[C@@H]2N1c1ncccn1. The van der Waals surface area contributed by atoms with E-state index < -0.39 is 15.9 Å². The molecule has 0 unspecified atom stereocenters. The Labute approximate surface area is 97.8 Å². The predicted molar refractivity (Wildman–Crippen MR) is 59.3 cm³/mol. The molecule has 90 valence electrons. The molecule has 2 fully saturated rings. The molecule has 2 aliphatic rings. The van der Waals surface area contributed by atoms with Gasteiger partial charge in [0.05, 0.1) is 23.6 Å². The van der Waals surface area contributed by atoms with E-state index in [2.05, 4.69) is 15.3 Å². The molecule has 2 amide bonds. The zero-order valence-corrected chi connectivity index (χ0v) is 9.59. The Morgan fingerprint density at radius 3 is 2.71 bits per heavy atom. The highest BCUT2D eigenvalue weighted by Crippen LogP contribution is 2.26. The van der Waals surface area contributed by atoms with Crippen LogP contribution >= 0.6 is 0 Å². The summed E-state index contributed by atoms with van der Waals surface area (Å²) in [6.45, 7) is 0. The van der Waals surface area contributed by atoms with Crippen LogP contribution in [-0.4, -0.2) is 48.0 Å². The summed E-state index contributed by atoms with van der Waals surface area (Å²) in [6.07, 6.45) is 3.04. The van der Waals surface area contributed by atoms with Gasteiger partial charge in [-0.15, -0.1) is 0 Å². The molecule has 1 N–H and O–H groups in total. The number of nitrogens with zero attached hydrogens (tertiary/aromatic N) is 3. The Kier molecular flexibility index (Phi) is 2.09. The number of hydrogen-bond donors (Lipinski definition) is 1. The van der Waals surface area contributed by atoms with Crippen LogP contribution in [0.4, 0.5) is 10.7 Å². The van der Waals surface area contributed by atoms with Crippen molar-refractivity contribution in [2.45, 2.75) is 12.1 Å². The van der Waals surface area contributed by atoms with E-state index in [0.717, 1.165) is 0 Å². The van der Waals surface area contributed by atoms with E-state index in [1.807, 2.05) is 0 Å². The van der Waals surface area contributed by atoms with Gasteiger partial charge in [-0.05, 0) is 6.07 Å². The number of anilines is 1. The number of urea groups is 1. The number of fused-ring (bicyclic) bond motifs is 1. The van der Waals surface area contributed by atoms with E-state index in [1.165, 1.54) is 17.3 Å². The molecular weight excluding hydrogens is 244 g/mol. The summed E-state index contributed by atoms with van der Waals surface area (Å²) >= 11 is 0. The molecule has 2 atom stereocenters. The molecule has 0 bridgehead atoms. The molecule has 3 heterocycles. The fourth-order valence-corrected chi connectivity index (χ4v) is 4.15. The minimum atomic E-state index is -3.08. The highest BCUT2D eigenvalue weighted by atomic mass is 32.2. The van der Waals surface area contributed by atoms with Gasteiger partial charge in [-0.2, -0.15) is 0 Å². The van der Waals surface area contributed by atoms with Gasteiger partial charge in [0.25, 0.3) is 0 Å². The average molecular weight is 254 g/mol. The van der Waals surface area contributed by atoms with Crippen LogP contribution in [-0.2, 0) is 9.84 Å². The van der Waals surface area contributed by atoms with Crippen molar-refractivity contribution < 1.29 is 13.2 Å². The molecule has 0 aliphatic carbocycles. The fraction of sp³-hybridized carbons (Fsp3) is 0.444. The lowest BCUT2D eigenvalue weighted by Crippen LogP contribution is -2.38. The van der Waals surface area contributed by atoms with Crippen LogP contribution in [0.5, 0.6) is 0 Å². The van der Waals surface area contributed by atoms with E-state index in [0.29, 0.717) is 0 Å². The number of sulfone groups is 1. The third-order valence-corrected chi connectivity index (χ3v) is 4.67. The van der Waals surface area contributed by atoms with Gasteiger partial charge < -0.3 is 5.32 Å². The zero-order chi connectivity index (χ0) is 12.0. The number of aromatic nitrogens is 2. The van der Waals surface area contributed by atoms with Crippen molar-refractivity contribution in [3.63, 3.8) is 0 Å². The average Bonchev–Trinajstić information content (AvgIpc) is 2.69. The first kappa shape index (κ1) is 10.5. The highest BCUT2D eigenvalue weighted by Gasteiger charge is 2.50. The maximum Gasteiger partial charge on any atom is 0.324 e. The zero-order valence-electron chi connectivity index (χ0n) is 8.78. The minimum Gasteiger partial charge on any atom is -0.332 e. The Morgan fingerprint density at radius 1 is 1.29 bits per heavy atom. The summed E-state index contributed by atoms with van der Waals surface area (Å²) in [5.74, 6) is 0.205. The third kappa shape index (κ3) is 1.64. The molecule has 0 radical (unpaired) electrons. The Hall–Kier alpha value is -1.70. The summed E-state index contributed by atoms with van der Waals surface area (Å²) in [5, 5.41) is 2.65. The van der Waals surface area contributed by atoms with Crippen molar-refractivity contribution in [1.29, 1.82) is 0 Å². The van der Waals surface area contributed by atoms with Crippen molar-refractivity contribution in [3.05, 3.63) is 18.5 Å². The van der Waals surface area contributed by atoms with Crippen molar-refractivity contribution >= 4 is 21.8 Å². The summed E-state index contributed by atoms with van der Waals surface area (Å²) in [5.41, 5.74) is 0. The Morgan fingerprint density at radius 2 is 2.00 bits per heavy atom. The lowest BCUT2D eigenvalue weighted by molar-refractivity contribution is 0.250. The second-order valence-electron chi connectivity index (χ2n) is 4.12. The quantitative estimate of drug-likeness (QED) is 0.660. The Bertz CT molecular complexity index is 559. The number of nitrogens with one attached hydrogen (secondary N) is 1. The maximum atomic E-state index is 11.7. The lowest BCUT2D eigenvalue weighted by atomic mass is 10.2. The van der Waals surface area contributed by atoms with E-state index in [1.54, 1.807) is 6.07 Å². The van der Waals surface area contributed by atoms with Gasteiger partial charge in [0, 0.05) is 12.4 Å². The topological polar surface area (TPSA) is 92.3 Å². The van der Waals surface area contributed by atoms with E-state index in [4.69, 9.17) is 0 Å². The molecule has 0 aromatic carbocycles. The Balaban J connectivity index is 1.98. The molecule has 8 heteroatoms.